The molecular formula is C16H24BrN2O+. The molecule has 0 unspecified atom stereocenters. The molecule has 1 fully saturated rings. The molecule has 0 bridgehead atoms. The third-order valence-corrected chi connectivity index (χ3v) is 5.20. The summed E-state index contributed by atoms with van der Waals surface area (Å²) in [6, 6.07) is 6.54. The molecule has 110 valence electrons. The summed E-state index contributed by atoms with van der Waals surface area (Å²) in [5.74, 6) is 0.101. The maximum atomic E-state index is 12.2. The van der Waals surface area contributed by atoms with Gasteiger partial charge in [0.25, 0.3) is 5.91 Å². The molecule has 0 aromatic heterocycles. The second-order valence-electron chi connectivity index (χ2n) is 6.39. The topological polar surface area (TPSA) is 29.1 Å². The number of quaternary nitrogens is 1. The van der Waals surface area contributed by atoms with E-state index in [2.05, 4.69) is 35.3 Å². The zero-order chi connectivity index (χ0) is 14.8. The van der Waals surface area contributed by atoms with E-state index in [9.17, 15) is 4.79 Å². The van der Waals surface area contributed by atoms with Crippen LogP contribution in [-0.4, -0.2) is 37.1 Å². The third-order valence-electron chi connectivity index (χ3n) is 4.31. The first-order valence-electron chi connectivity index (χ1n) is 7.27. The number of amides is 1. The summed E-state index contributed by atoms with van der Waals surface area (Å²) in [5, 5.41) is 3.01. The van der Waals surface area contributed by atoms with Crippen molar-refractivity contribution in [2.24, 2.45) is 0 Å². The van der Waals surface area contributed by atoms with Crippen molar-refractivity contribution in [2.75, 3.05) is 26.0 Å². The highest BCUT2D eigenvalue weighted by Gasteiger charge is 2.32. The van der Waals surface area contributed by atoms with Gasteiger partial charge in [-0.05, 0) is 56.4 Å². The Morgan fingerprint density at radius 1 is 1.35 bits per heavy atom. The van der Waals surface area contributed by atoms with Gasteiger partial charge < -0.3 is 9.80 Å². The Balaban J connectivity index is 1.96. The standard InChI is InChI=1S/C16H23BrN2O/c1-12-10-13(8-9-15(12)17)18-16(20)11-19(2,3)14-6-4-5-7-14/h8-10,14H,4-7,11H2,1-3H3/p+1. The smallest absolute Gasteiger partial charge is 0.279 e. The van der Waals surface area contributed by atoms with Gasteiger partial charge in [0.15, 0.2) is 6.54 Å². The molecule has 4 heteroatoms. The van der Waals surface area contributed by atoms with Crippen LogP contribution in [0.3, 0.4) is 0 Å². The molecule has 0 saturated heterocycles. The van der Waals surface area contributed by atoms with E-state index in [0.29, 0.717) is 12.6 Å². The number of hydrogen-bond donors (Lipinski definition) is 1. The molecule has 0 spiro atoms. The molecule has 0 atom stereocenters. The number of nitrogens with zero attached hydrogens (tertiary/aromatic N) is 1. The van der Waals surface area contributed by atoms with Crippen LogP contribution in [0.4, 0.5) is 5.69 Å². The normalized spacial score (nSPS) is 16.4. The lowest BCUT2D eigenvalue weighted by Crippen LogP contribution is -2.51. The number of aryl methyl sites for hydroxylation is 1. The molecule has 0 heterocycles. The van der Waals surface area contributed by atoms with Crippen LogP contribution in [0.1, 0.15) is 31.2 Å². The minimum absolute atomic E-state index is 0.101. The van der Waals surface area contributed by atoms with Crippen LogP contribution in [0.15, 0.2) is 22.7 Å². The van der Waals surface area contributed by atoms with Crippen LogP contribution in [0.25, 0.3) is 0 Å². The Morgan fingerprint density at radius 2 is 2.00 bits per heavy atom. The van der Waals surface area contributed by atoms with E-state index < -0.39 is 0 Å². The first-order chi connectivity index (χ1) is 9.38. The van der Waals surface area contributed by atoms with Crippen molar-refractivity contribution in [3.63, 3.8) is 0 Å². The lowest BCUT2D eigenvalue weighted by molar-refractivity contribution is -0.906. The minimum atomic E-state index is 0.101. The maximum absolute atomic E-state index is 12.2. The van der Waals surface area contributed by atoms with Gasteiger partial charge in [0.05, 0.1) is 20.1 Å². The van der Waals surface area contributed by atoms with Gasteiger partial charge in [-0.2, -0.15) is 0 Å². The van der Waals surface area contributed by atoms with E-state index in [-0.39, 0.29) is 5.91 Å². The van der Waals surface area contributed by atoms with Crippen LogP contribution < -0.4 is 5.32 Å². The quantitative estimate of drug-likeness (QED) is 0.832. The summed E-state index contributed by atoms with van der Waals surface area (Å²) < 4.78 is 1.86. The summed E-state index contributed by atoms with van der Waals surface area (Å²) in [6.45, 7) is 2.57. The van der Waals surface area contributed by atoms with E-state index in [1.807, 2.05) is 25.1 Å². The van der Waals surface area contributed by atoms with E-state index in [1.54, 1.807) is 0 Å². The zero-order valence-electron chi connectivity index (χ0n) is 12.6. The Hall–Kier alpha value is -0.870. The number of carbonyl (C=O) groups excluding carboxylic acids is 1. The minimum Gasteiger partial charge on any atom is -0.321 e. The Morgan fingerprint density at radius 3 is 2.60 bits per heavy atom. The summed E-state index contributed by atoms with van der Waals surface area (Å²) in [4.78, 5) is 12.2. The van der Waals surface area contributed by atoms with Gasteiger partial charge in [-0.3, -0.25) is 4.79 Å². The highest BCUT2D eigenvalue weighted by atomic mass is 79.9. The van der Waals surface area contributed by atoms with Crippen molar-refractivity contribution in [2.45, 2.75) is 38.6 Å². The fourth-order valence-electron chi connectivity index (χ4n) is 3.03. The number of nitrogens with one attached hydrogen (secondary N) is 1. The van der Waals surface area contributed by atoms with Gasteiger partial charge in [0.1, 0.15) is 0 Å². The number of carbonyl (C=O) groups is 1. The second-order valence-corrected chi connectivity index (χ2v) is 7.24. The summed E-state index contributed by atoms with van der Waals surface area (Å²) in [6.07, 6.45) is 5.11. The highest BCUT2D eigenvalue weighted by Crippen LogP contribution is 2.26. The number of anilines is 1. The highest BCUT2D eigenvalue weighted by molar-refractivity contribution is 9.10. The fourth-order valence-corrected chi connectivity index (χ4v) is 3.27. The largest absolute Gasteiger partial charge is 0.321 e. The van der Waals surface area contributed by atoms with Crippen LogP contribution in [-0.2, 0) is 4.79 Å². The van der Waals surface area contributed by atoms with Crippen molar-refractivity contribution < 1.29 is 9.28 Å². The van der Waals surface area contributed by atoms with Crippen molar-refractivity contribution in [3.8, 4) is 0 Å². The monoisotopic (exact) mass is 339 g/mol. The second kappa shape index (κ2) is 6.27. The predicted molar refractivity (Wildman–Crippen MR) is 86.7 cm³/mol. The SMILES string of the molecule is Cc1cc(NC(=O)C[N+](C)(C)C2CCCC2)ccc1Br. The summed E-state index contributed by atoms with van der Waals surface area (Å²) >= 11 is 3.47. The van der Waals surface area contributed by atoms with Crippen LogP contribution in [0.5, 0.6) is 0 Å². The van der Waals surface area contributed by atoms with Crippen molar-refractivity contribution in [1.29, 1.82) is 0 Å². The van der Waals surface area contributed by atoms with E-state index >= 15 is 0 Å². The number of hydrogen-bond acceptors (Lipinski definition) is 1. The average molecular weight is 340 g/mol. The van der Waals surface area contributed by atoms with Gasteiger partial charge in [-0.1, -0.05) is 15.9 Å². The first kappa shape index (κ1) is 15.5. The molecule has 1 aliphatic rings. The molecule has 20 heavy (non-hydrogen) atoms. The van der Waals surface area contributed by atoms with Gasteiger partial charge in [-0.15, -0.1) is 0 Å². The van der Waals surface area contributed by atoms with Gasteiger partial charge in [0.2, 0.25) is 0 Å². The first-order valence-corrected chi connectivity index (χ1v) is 8.06. The zero-order valence-corrected chi connectivity index (χ0v) is 14.2. The van der Waals surface area contributed by atoms with E-state index in [1.165, 1.54) is 25.7 Å². The fraction of sp³-hybridized carbons (Fsp3) is 0.562. The number of benzene rings is 1. The van der Waals surface area contributed by atoms with Crippen molar-refractivity contribution in [1.82, 2.24) is 0 Å². The third kappa shape index (κ3) is 3.83. The molecular weight excluding hydrogens is 316 g/mol. The number of likely N-dealkylation sites (N-methyl/N-ethyl adjacent to an activating group) is 1. The lowest BCUT2D eigenvalue weighted by atomic mass is 10.2. The van der Waals surface area contributed by atoms with Gasteiger partial charge in [0, 0.05) is 10.2 Å². The molecule has 0 radical (unpaired) electrons. The van der Waals surface area contributed by atoms with Crippen LogP contribution in [0.2, 0.25) is 0 Å². The molecule has 3 nitrogen and oxygen atoms in total. The predicted octanol–water partition coefficient (Wildman–Crippen LogP) is 3.72. The average Bonchev–Trinajstić information content (AvgIpc) is 2.87. The Kier molecular flexibility index (Phi) is 4.86. The molecule has 1 aliphatic carbocycles. The molecule has 1 aromatic rings. The molecule has 1 saturated carbocycles. The maximum Gasteiger partial charge on any atom is 0.279 e. The number of halogens is 1. The molecule has 1 aromatic carbocycles. The molecule has 1 amide bonds. The number of rotatable bonds is 4. The molecule has 1 N–H and O–H groups in total. The van der Waals surface area contributed by atoms with Gasteiger partial charge >= 0.3 is 0 Å². The molecule has 2 rings (SSSR count). The summed E-state index contributed by atoms with van der Waals surface area (Å²) in [5.41, 5.74) is 2.01. The van der Waals surface area contributed by atoms with Gasteiger partial charge in [-0.25, -0.2) is 0 Å². The van der Waals surface area contributed by atoms with Crippen LogP contribution in [0, 0.1) is 6.92 Å². The molecule has 0 aliphatic heterocycles. The van der Waals surface area contributed by atoms with Crippen LogP contribution >= 0.6 is 15.9 Å². The Labute approximate surface area is 130 Å². The van der Waals surface area contributed by atoms with Crippen molar-refractivity contribution >= 4 is 27.5 Å². The van der Waals surface area contributed by atoms with E-state index in [0.717, 1.165) is 20.2 Å². The van der Waals surface area contributed by atoms with Crippen molar-refractivity contribution in [3.05, 3.63) is 28.2 Å². The Bertz CT molecular complexity index is 493. The summed E-state index contributed by atoms with van der Waals surface area (Å²) in [7, 11) is 4.34. The van der Waals surface area contributed by atoms with E-state index in [4.69, 9.17) is 0 Å². The lowest BCUT2D eigenvalue weighted by Gasteiger charge is -2.35.